The Labute approximate surface area is 287 Å². The summed E-state index contributed by atoms with van der Waals surface area (Å²) in [6.45, 7) is 0. The van der Waals surface area contributed by atoms with Crippen molar-refractivity contribution >= 4 is 55.5 Å². The molecule has 0 radical (unpaired) electrons. The van der Waals surface area contributed by atoms with E-state index in [2.05, 4.69) is 115 Å². The molecule has 1 unspecified atom stereocenters. The quantitative estimate of drug-likeness (QED) is 0.203. The van der Waals surface area contributed by atoms with Crippen molar-refractivity contribution in [3.05, 3.63) is 180 Å². The molecule has 10 rings (SSSR count). The van der Waals surface area contributed by atoms with Gasteiger partial charge in [0.1, 0.15) is 34.0 Å². The molecule has 2 aromatic heterocycles. The van der Waals surface area contributed by atoms with Crippen LogP contribution in [0.15, 0.2) is 183 Å². The summed E-state index contributed by atoms with van der Waals surface area (Å²) < 4.78 is 12.8. The molecule has 0 aliphatic carbocycles. The maximum absolute atomic E-state index is 6.50. The van der Waals surface area contributed by atoms with Gasteiger partial charge in [-0.2, -0.15) is 0 Å². The summed E-state index contributed by atoms with van der Waals surface area (Å²) in [5.41, 5.74) is 10.7. The second-order valence-electron chi connectivity index (χ2n) is 12.6. The summed E-state index contributed by atoms with van der Waals surface area (Å²) in [6.07, 6.45) is -0.534. The molecular formula is C45H29N3O2. The van der Waals surface area contributed by atoms with Crippen LogP contribution in [-0.2, 0) is 0 Å². The fourth-order valence-electron chi connectivity index (χ4n) is 7.20. The molecule has 1 aliphatic rings. The predicted octanol–water partition coefficient (Wildman–Crippen LogP) is 11.3. The van der Waals surface area contributed by atoms with E-state index in [1.54, 1.807) is 0 Å². The monoisotopic (exact) mass is 643 g/mol. The highest BCUT2D eigenvalue weighted by Crippen LogP contribution is 2.39. The van der Waals surface area contributed by atoms with Crippen molar-refractivity contribution in [3.63, 3.8) is 0 Å². The van der Waals surface area contributed by atoms with Crippen molar-refractivity contribution in [2.24, 2.45) is 9.98 Å². The van der Waals surface area contributed by atoms with Gasteiger partial charge in [0.15, 0.2) is 6.17 Å². The van der Waals surface area contributed by atoms with Crippen LogP contribution in [0.2, 0.25) is 0 Å². The van der Waals surface area contributed by atoms with Crippen molar-refractivity contribution in [2.75, 3.05) is 0 Å². The molecular weight excluding hydrogens is 615 g/mol. The van der Waals surface area contributed by atoms with Gasteiger partial charge in [0.2, 0.25) is 0 Å². The first-order valence-corrected chi connectivity index (χ1v) is 16.8. The van der Waals surface area contributed by atoms with Crippen LogP contribution in [0.25, 0.3) is 66.1 Å². The Morgan fingerprint density at radius 1 is 0.400 bits per heavy atom. The van der Waals surface area contributed by atoms with Crippen molar-refractivity contribution < 1.29 is 8.83 Å². The van der Waals surface area contributed by atoms with Gasteiger partial charge in [0.05, 0.1) is 0 Å². The smallest absolute Gasteiger partial charge is 0.170 e. The predicted molar refractivity (Wildman–Crippen MR) is 204 cm³/mol. The van der Waals surface area contributed by atoms with Crippen LogP contribution in [0.4, 0.5) is 0 Å². The van der Waals surface area contributed by atoms with Crippen molar-refractivity contribution in [2.45, 2.75) is 6.17 Å². The molecule has 0 bridgehead atoms. The Kier molecular flexibility index (Phi) is 6.49. The van der Waals surface area contributed by atoms with Gasteiger partial charge in [-0.15, -0.1) is 0 Å². The van der Waals surface area contributed by atoms with E-state index in [1.807, 2.05) is 54.6 Å². The summed E-state index contributed by atoms with van der Waals surface area (Å²) in [5.74, 6) is 1.48. The fraction of sp³-hybridized carbons (Fsp3) is 0.0222. The van der Waals surface area contributed by atoms with Crippen LogP contribution in [0.1, 0.15) is 22.9 Å². The van der Waals surface area contributed by atoms with Crippen molar-refractivity contribution in [1.82, 2.24) is 5.32 Å². The number of fused-ring (bicyclic) bond motifs is 6. The van der Waals surface area contributed by atoms with Crippen molar-refractivity contribution in [3.8, 4) is 22.3 Å². The first kappa shape index (κ1) is 28.3. The summed E-state index contributed by atoms with van der Waals surface area (Å²) in [6, 6.07) is 56.2. The number of nitrogens with one attached hydrogen (secondary N) is 1. The molecule has 0 saturated carbocycles. The topological polar surface area (TPSA) is 63.0 Å². The number of rotatable bonds is 5. The average Bonchev–Trinajstić information content (AvgIpc) is 3.77. The van der Waals surface area contributed by atoms with E-state index >= 15 is 0 Å². The van der Waals surface area contributed by atoms with Gasteiger partial charge in [-0.3, -0.25) is 0 Å². The fourth-order valence-corrected chi connectivity index (χ4v) is 7.20. The largest absolute Gasteiger partial charge is 0.456 e. The zero-order valence-corrected chi connectivity index (χ0v) is 26.9. The number of benzene rings is 7. The van der Waals surface area contributed by atoms with Gasteiger partial charge in [-0.1, -0.05) is 127 Å². The zero-order chi connectivity index (χ0) is 33.0. The number of nitrogens with zero attached hydrogens (tertiary/aromatic N) is 2. The molecule has 1 atom stereocenters. The first-order chi connectivity index (χ1) is 24.8. The minimum atomic E-state index is -0.534. The molecule has 7 aromatic carbocycles. The van der Waals surface area contributed by atoms with E-state index in [1.165, 1.54) is 0 Å². The SMILES string of the molecule is c1ccc(-c2cccc(C3=NC(c4cccc5oc6cc(-c7ccccc7)ccc6c45)N=C(c4cccc5oc6ccccc6c45)N3)c2)cc1. The molecule has 0 saturated heterocycles. The van der Waals surface area contributed by atoms with E-state index < -0.39 is 6.17 Å². The lowest BCUT2D eigenvalue weighted by Crippen LogP contribution is -2.36. The molecule has 0 amide bonds. The summed E-state index contributed by atoms with van der Waals surface area (Å²) >= 11 is 0. The second kappa shape index (κ2) is 11.5. The van der Waals surface area contributed by atoms with Crippen LogP contribution in [0.5, 0.6) is 0 Å². The highest BCUT2D eigenvalue weighted by Gasteiger charge is 2.26. The zero-order valence-electron chi connectivity index (χ0n) is 26.9. The lowest BCUT2D eigenvalue weighted by molar-refractivity contribution is 0.668. The van der Waals surface area contributed by atoms with E-state index in [0.29, 0.717) is 0 Å². The van der Waals surface area contributed by atoms with E-state index in [9.17, 15) is 0 Å². The third-order valence-electron chi connectivity index (χ3n) is 9.55. The van der Waals surface area contributed by atoms with Crippen LogP contribution in [-0.4, -0.2) is 11.7 Å². The Bertz CT molecular complexity index is 2790. The molecule has 5 nitrogen and oxygen atoms in total. The Balaban J connectivity index is 1.17. The maximum Gasteiger partial charge on any atom is 0.170 e. The molecule has 0 spiro atoms. The molecule has 9 aromatic rings. The summed E-state index contributed by atoms with van der Waals surface area (Å²) in [4.78, 5) is 10.7. The number of furan rings is 2. The van der Waals surface area contributed by atoms with Gasteiger partial charge in [-0.05, 0) is 58.7 Å². The minimum Gasteiger partial charge on any atom is -0.456 e. The molecule has 3 heterocycles. The summed E-state index contributed by atoms with van der Waals surface area (Å²) in [5, 5.41) is 7.78. The molecule has 1 N–H and O–H groups in total. The summed E-state index contributed by atoms with van der Waals surface area (Å²) in [7, 11) is 0. The number of hydrogen-bond acceptors (Lipinski definition) is 5. The lowest BCUT2D eigenvalue weighted by Gasteiger charge is -2.23. The average molecular weight is 644 g/mol. The van der Waals surface area contributed by atoms with Gasteiger partial charge < -0.3 is 14.2 Å². The number of para-hydroxylation sites is 1. The number of hydrogen-bond donors (Lipinski definition) is 1. The molecule has 5 heteroatoms. The first-order valence-electron chi connectivity index (χ1n) is 16.8. The van der Waals surface area contributed by atoms with E-state index in [-0.39, 0.29) is 0 Å². The normalized spacial score (nSPS) is 14.6. The van der Waals surface area contributed by atoms with E-state index in [4.69, 9.17) is 18.8 Å². The van der Waals surface area contributed by atoms with Crippen LogP contribution in [0.3, 0.4) is 0 Å². The second-order valence-corrected chi connectivity index (χ2v) is 12.6. The molecule has 50 heavy (non-hydrogen) atoms. The lowest BCUT2D eigenvalue weighted by atomic mass is 9.99. The van der Waals surface area contributed by atoms with Crippen LogP contribution < -0.4 is 5.32 Å². The molecule has 0 fully saturated rings. The Morgan fingerprint density at radius 3 is 1.80 bits per heavy atom. The minimum absolute atomic E-state index is 0.534. The number of amidine groups is 2. The third-order valence-corrected chi connectivity index (χ3v) is 9.55. The van der Waals surface area contributed by atoms with Gasteiger partial charge in [-0.25, -0.2) is 9.98 Å². The van der Waals surface area contributed by atoms with Crippen molar-refractivity contribution in [1.29, 1.82) is 0 Å². The van der Waals surface area contributed by atoms with E-state index in [0.717, 1.165) is 94.5 Å². The van der Waals surface area contributed by atoms with Gasteiger partial charge >= 0.3 is 0 Å². The Hall–Kier alpha value is -6.72. The maximum atomic E-state index is 6.50. The Morgan fingerprint density at radius 2 is 0.980 bits per heavy atom. The highest BCUT2D eigenvalue weighted by molar-refractivity contribution is 6.23. The van der Waals surface area contributed by atoms with Gasteiger partial charge in [0.25, 0.3) is 0 Å². The molecule has 1 aliphatic heterocycles. The molecule has 236 valence electrons. The standard InChI is InChI=1S/C45H29N3O2/c1-3-12-28(13-4-1)30-16-9-17-32(26-30)43-46-44(35-19-10-22-38-41(35)33-18-7-8-21-37(33)49-38)48-45(47-43)36-20-11-23-39-42(36)34-25-24-31(27-40(34)50-39)29-14-5-2-6-15-29/h1-27,45H,(H,46,47,48). The third kappa shape index (κ3) is 4.71. The van der Waals surface area contributed by atoms with Crippen LogP contribution in [0, 0.1) is 0 Å². The van der Waals surface area contributed by atoms with Gasteiger partial charge in [0, 0.05) is 38.2 Å². The highest BCUT2D eigenvalue weighted by atomic mass is 16.3. The van der Waals surface area contributed by atoms with Crippen LogP contribution >= 0.6 is 0 Å². The number of aliphatic imine (C=N–C) groups is 2.